The van der Waals surface area contributed by atoms with Crippen molar-refractivity contribution in [3.05, 3.63) is 23.3 Å². The summed E-state index contributed by atoms with van der Waals surface area (Å²) in [7, 11) is 2.62. The number of nitrogens with one attached hydrogen (secondary N) is 1. The lowest BCUT2D eigenvalue weighted by atomic mass is 9.95. The summed E-state index contributed by atoms with van der Waals surface area (Å²) in [4.78, 5) is 11.6. The maximum absolute atomic E-state index is 13.8. The van der Waals surface area contributed by atoms with Crippen molar-refractivity contribution in [2.75, 3.05) is 14.2 Å². The molecule has 1 atom stereocenters. The van der Waals surface area contributed by atoms with Crippen LogP contribution in [0.1, 0.15) is 15.9 Å². The zero-order valence-electron chi connectivity index (χ0n) is 9.66. The molecule has 7 heteroatoms. The highest BCUT2D eigenvalue weighted by atomic mass is 19.3. The number of aliphatic hydroxyl groups excluding tert-OH is 1. The molecule has 0 spiro atoms. The summed E-state index contributed by atoms with van der Waals surface area (Å²) in [6, 6.07) is 2.15. The second kappa shape index (κ2) is 4.09. The number of hydrogen-bond acceptors (Lipinski definition) is 4. The van der Waals surface area contributed by atoms with Crippen LogP contribution in [-0.2, 0) is 5.92 Å². The van der Waals surface area contributed by atoms with E-state index in [-0.39, 0.29) is 17.1 Å². The lowest BCUT2D eigenvalue weighted by molar-refractivity contribution is -0.128. The van der Waals surface area contributed by atoms with Gasteiger partial charge in [-0.2, -0.15) is 8.78 Å². The first-order chi connectivity index (χ1) is 8.41. The van der Waals surface area contributed by atoms with E-state index in [1.165, 1.54) is 14.2 Å². The molecule has 1 aliphatic rings. The molecule has 1 aromatic carbocycles. The van der Waals surface area contributed by atoms with Crippen molar-refractivity contribution < 1.29 is 28.2 Å². The van der Waals surface area contributed by atoms with E-state index < -0.39 is 23.6 Å². The van der Waals surface area contributed by atoms with E-state index in [1.54, 1.807) is 5.32 Å². The van der Waals surface area contributed by atoms with Crippen LogP contribution in [0.3, 0.4) is 0 Å². The van der Waals surface area contributed by atoms with Crippen LogP contribution in [0.25, 0.3) is 0 Å². The molecule has 2 N–H and O–H groups in total. The monoisotopic (exact) mass is 259 g/mol. The third-order valence-electron chi connectivity index (χ3n) is 2.74. The Balaban J connectivity index is 2.67. The molecule has 1 heterocycles. The number of ether oxygens (including phenoxy) is 2. The van der Waals surface area contributed by atoms with Gasteiger partial charge in [0.15, 0.2) is 17.7 Å². The molecule has 5 nitrogen and oxygen atoms in total. The molecule has 1 aliphatic heterocycles. The Hall–Kier alpha value is -1.89. The highest BCUT2D eigenvalue weighted by molar-refractivity contribution is 5.98. The molecule has 98 valence electrons. The summed E-state index contributed by atoms with van der Waals surface area (Å²) in [6.45, 7) is 0. The maximum atomic E-state index is 13.8. The predicted octanol–water partition coefficient (Wildman–Crippen LogP) is 0.857. The molecule has 1 aromatic rings. The lowest BCUT2D eigenvalue weighted by Gasteiger charge is -2.30. The van der Waals surface area contributed by atoms with Gasteiger partial charge in [0.1, 0.15) is 0 Å². The molecule has 2 rings (SSSR count). The fourth-order valence-corrected chi connectivity index (χ4v) is 1.78. The van der Waals surface area contributed by atoms with Crippen molar-refractivity contribution in [3.8, 4) is 11.5 Å². The zero-order valence-corrected chi connectivity index (χ0v) is 9.66. The number of benzene rings is 1. The normalized spacial score (nSPS) is 20.9. The van der Waals surface area contributed by atoms with Crippen LogP contribution >= 0.6 is 0 Å². The summed E-state index contributed by atoms with van der Waals surface area (Å²) in [5, 5.41) is 11.0. The van der Waals surface area contributed by atoms with Gasteiger partial charge in [-0.1, -0.05) is 0 Å². The van der Waals surface area contributed by atoms with Gasteiger partial charge in [-0.3, -0.25) is 4.79 Å². The number of alkyl halides is 2. The molecule has 0 bridgehead atoms. The molecule has 1 amide bonds. The standard InChI is InChI=1S/C11H11F2NO4/c1-17-7-3-5-6(4-8(7)18-2)11(12,13)10(16)14-9(5)15/h3-4,10,16H,1-2H3,(H,14,15). The fraction of sp³-hybridized carbons (Fsp3) is 0.364. The van der Waals surface area contributed by atoms with E-state index in [4.69, 9.17) is 9.47 Å². The number of hydrogen-bond donors (Lipinski definition) is 2. The first-order valence-corrected chi connectivity index (χ1v) is 5.05. The first-order valence-electron chi connectivity index (χ1n) is 5.05. The van der Waals surface area contributed by atoms with Gasteiger partial charge in [-0.25, -0.2) is 0 Å². The van der Waals surface area contributed by atoms with E-state index in [0.717, 1.165) is 12.1 Å². The smallest absolute Gasteiger partial charge is 0.317 e. The van der Waals surface area contributed by atoms with Gasteiger partial charge >= 0.3 is 5.92 Å². The third-order valence-corrected chi connectivity index (χ3v) is 2.74. The minimum atomic E-state index is -3.58. The number of aliphatic hydroxyl groups is 1. The summed E-state index contributed by atoms with van der Waals surface area (Å²) in [5.41, 5.74) is -0.834. The molecule has 0 aromatic heterocycles. The number of carbonyl (C=O) groups is 1. The van der Waals surface area contributed by atoms with Crippen LogP contribution in [0.15, 0.2) is 12.1 Å². The van der Waals surface area contributed by atoms with Crippen molar-refractivity contribution >= 4 is 5.91 Å². The summed E-state index contributed by atoms with van der Waals surface area (Å²) in [5.74, 6) is -4.14. The molecule has 0 saturated heterocycles. The highest BCUT2D eigenvalue weighted by Gasteiger charge is 2.48. The quantitative estimate of drug-likeness (QED) is 0.826. The molecule has 1 unspecified atom stereocenters. The summed E-state index contributed by atoms with van der Waals surface area (Å²) < 4.78 is 37.3. The van der Waals surface area contributed by atoms with Gasteiger partial charge < -0.3 is 19.9 Å². The Bertz CT molecular complexity index is 504. The maximum Gasteiger partial charge on any atom is 0.317 e. The molecule has 0 aliphatic carbocycles. The SMILES string of the molecule is COc1cc2c(cc1OC)C(F)(F)C(O)NC2=O. The molecule has 0 fully saturated rings. The summed E-state index contributed by atoms with van der Waals surface area (Å²) in [6.07, 6.45) is -2.25. The van der Waals surface area contributed by atoms with E-state index >= 15 is 0 Å². The van der Waals surface area contributed by atoms with Crippen LogP contribution in [0, 0.1) is 0 Å². The Morgan fingerprint density at radius 2 is 1.83 bits per heavy atom. The van der Waals surface area contributed by atoms with Crippen LogP contribution < -0.4 is 14.8 Å². The summed E-state index contributed by atoms with van der Waals surface area (Å²) >= 11 is 0. The average Bonchev–Trinajstić information content (AvgIpc) is 2.35. The van der Waals surface area contributed by atoms with Crippen molar-refractivity contribution in [2.24, 2.45) is 0 Å². The van der Waals surface area contributed by atoms with Crippen molar-refractivity contribution in [3.63, 3.8) is 0 Å². The predicted molar refractivity (Wildman–Crippen MR) is 56.9 cm³/mol. The van der Waals surface area contributed by atoms with Crippen molar-refractivity contribution in [1.29, 1.82) is 0 Å². The van der Waals surface area contributed by atoms with Gasteiger partial charge in [0.05, 0.1) is 19.8 Å². The first kappa shape index (κ1) is 12.6. The van der Waals surface area contributed by atoms with Gasteiger partial charge in [0.2, 0.25) is 0 Å². The van der Waals surface area contributed by atoms with Gasteiger partial charge in [-0.05, 0) is 12.1 Å². The minimum absolute atomic E-state index is 0.0674. The minimum Gasteiger partial charge on any atom is -0.493 e. The molecular weight excluding hydrogens is 248 g/mol. The van der Waals surface area contributed by atoms with E-state index in [0.29, 0.717) is 0 Å². The van der Waals surface area contributed by atoms with Gasteiger partial charge in [-0.15, -0.1) is 0 Å². The van der Waals surface area contributed by atoms with Crippen molar-refractivity contribution in [2.45, 2.75) is 12.2 Å². The van der Waals surface area contributed by atoms with Gasteiger partial charge in [0, 0.05) is 5.56 Å². The largest absolute Gasteiger partial charge is 0.493 e. The second-order valence-corrected chi connectivity index (χ2v) is 3.75. The van der Waals surface area contributed by atoms with E-state index in [2.05, 4.69) is 0 Å². The number of amides is 1. The molecular formula is C11H11F2NO4. The molecule has 18 heavy (non-hydrogen) atoms. The Kier molecular flexibility index (Phi) is 2.86. The fourth-order valence-electron chi connectivity index (χ4n) is 1.78. The Labute approximate surface area is 101 Å². The van der Waals surface area contributed by atoms with Crippen LogP contribution in [0.2, 0.25) is 0 Å². The number of methoxy groups -OCH3 is 2. The number of carbonyl (C=O) groups excluding carboxylic acids is 1. The number of fused-ring (bicyclic) bond motifs is 1. The Morgan fingerprint density at radius 3 is 2.39 bits per heavy atom. The second-order valence-electron chi connectivity index (χ2n) is 3.75. The van der Waals surface area contributed by atoms with E-state index in [9.17, 15) is 18.7 Å². The average molecular weight is 259 g/mol. The number of rotatable bonds is 2. The molecule has 0 radical (unpaired) electrons. The molecule has 0 saturated carbocycles. The van der Waals surface area contributed by atoms with Crippen molar-refractivity contribution in [1.82, 2.24) is 5.32 Å². The Morgan fingerprint density at radius 1 is 1.28 bits per heavy atom. The van der Waals surface area contributed by atoms with Crippen LogP contribution in [-0.4, -0.2) is 31.5 Å². The number of halogens is 2. The van der Waals surface area contributed by atoms with Gasteiger partial charge in [0.25, 0.3) is 5.91 Å². The topological polar surface area (TPSA) is 67.8 Å². The zero-order chi connectivity index (χ0) is 13.5. The van der Waals surface area contributed by atoms with E-state index in [1.807, 2.05) is 0 Å². The van der Waals surface area contributed by atoms with Crippen LogP contribution in [0.4, 0.5) is 8.78 Å². The lowest BCUT2D eigenvalue weighted by Crippen LogP contribution is -2.51. The van der Waals surface area contributed by atoms with Crippen LogP contribution in [0.5, 0.6) is 11.5 Å². The third kappa shape index (κ3) is 1.67. The highest BCUT2D eigenvalue weighted by Crippen LogP contribution is 2.41.